The van der Waals surface area contributed by atoms with Crippen molar-refractivity contribution in [1.82, 2.24) is 0 Å². The fraction of sp³-hybridized carbons (Fsp3) is 0.323. The first-order valence-electron chi connectivity index (χ1n) is 13.0. The topological polar surface area (TPSA) is 22.1 Å². The molecule has 0 saturated carbocycles. The lowest BCUT2D eigenvalue weighted by atomic mass is 10.00. The van der Waals surface area contributed by atoms with E-state index >= 15 is 0 Å². The van der Waals surface area contributed by atoms with Gasteiger partial charge in [-0.25, -0.2) is 0 Å². The van der Waals surface area contributed by atoms with Gasteiger partial charge in [-0.1, -0.05) is 48.5 Å². The highest BCUT2D eigenvalue weighted by molar-refractivity contribution is 6.01. The normalized spacial score (nSPS) is 15.5. The van der Waals surface area contributed by atoms with Crippen LogP contribution in [0.2, 0.25) is 0 Å². The van der Waals surface area contributed by atoms with Crippen LogP contribution in [0.5, 0.6) is 0 Å². The minimum Gasteiger partial charge on any atom is -0.372 e. The van der Waals surface area contributed by atoms with E-state index in [2.05, 4.69) is 134 Å². The Kier molecular flexibility index (Phi) is 8.25. The smallest absolute Gasteiger partial charge is 0.0831 e. The second-order valence-corrected chi connectivity index (χ2v) is 8.85. The molecule has 1 aliphatic heterocycles. The molecule has 0 N–H and O–H groups in total. The molecule has 0 radical (unpaired) electrons. The highest BCUT2D eigenvalue weighted by Gasteiger charge is 2.28. The van der Waals surface area contributed by atoms with Gasteiger partial charge in [-0.05, 0) is 81.3 Å². The van der Waals surface area contributed by atoms with Crippen LogP contribution in [0.4, 0.5) is 17.1 Å². The predicted octanol–water partition coefficient (Wildman–Crippen LogP) is 7.40. The third-order valence-corrected chi connectivity index (χ3v) is 6.85. The predicted molar refractivity (Wildman–Crippen MR) is 153 cm³/mol. The van der Waals surface area contributed by atoms with Gasteiger partial charge in [0, 0.05) is 44.0 Å². The molecule has 0 spiro atoms. The summed E-state index contributed by atoms with van der Waals surface area (Å²) in [5, 5.41) is 7.21. The van der Waals surface area contributed by atoms with Crippen LogP contribution >= 0.6 is 0 Å². The molecule has 3 aromatic rings. The summed E-state index contributed by atoms with van der Waals surface area (Å²) >= 11 is 0. The average Bonchev–Trinajstić information content (AvgIpc) is 3.35. The molecule has 4 heteroatoms. The SMILES string of the molecule is CCN(CC)c1ccc(C=CC2=NN(c3ccccc3)C(c3ccc(N(CC)CC)cc3)C2)cc1. The molecular weight excluding hydrogens is 428 g/mol. The maximum Gasteiger partial charge on any atom is 0.0831 e. The van der Waals surface area contributed by atoms with Crippen LogP contribution in [0.25, 0.3) is 6.08 Å². The Morgan fingerprint density at radius 2 is 1.26 bits per heavy atom. The zero-order chi connectivity index (χ0) is 24.6. The molecule has 0 aromatic heterocycles. The quantitative estimate of drug-likeness (QED) is 0.311. The number of benzene rings is 3. The lowest BCUT2D eigenvalue weighted by Crippen LogP contribution is -2.22. The van der Waals surface area contributed by atoms with E-state index in [1.807, 2.05) is 0 Å². The second-order valence-electron chi connectivity index (χ2n) is 8.85. The van der Waals surface area contributed by atoms with Crippen molar-refractivity contribution < 1.29 is 0 Å². The molecule has 0 aliphatic carbocycles. The Labute approximate surface area is 211 Å². The van der Waals surface area contributed by atoms with Gasteiger partial charge in [0.05, 0.1) is 17.4 Å². The van der Waals surface area contributed by atoms with E-state index in [1.165, 1.54) is 22.5 Å². The molecule has 35 heavy (non-hydrogen) atoms. The standard InChI is InChI=1S/C31H38N4/c1-5-33(6-2)28-20-15-25(16-21-28)14-19-27-24-31(35(32-27)30-12-10-9-11-13-30)26-17-22-29(23-18-26)34(7-3)8-4/h9-23,31H,5-8,24H2,1-4H3. The molecule has 1 aliphatic rings. The van der Waals surface area contributed by atoms with E-state index in [0.29, 0.717) is 0 Å². The van der Waals surface area contributed by atoms with Gasteiger partial charge in [0.1, 0.15) is 0 Å². The number of hydrogen-bond acceptors (Lipinski definition) is 4. The van der Waals surface area contributed by atoms with Gasteiger partial charge in [0.2, 0.25) is 0 Å². The molecule has 1 heterocycles. The molecule has 1 unspecified atom stereocenters. The average molecular weight is 467 g/mol. The molecule has 4 nitrogen and oxygen atoms in total. The van der Waals surface area contributed by atoms with Crippen LogP contribution in [-0.2, 0) is 0 Å². The molecule has 0 fully saturated rings. The number of hydrazone groups is 1. The van der Waals surface area contributed by atoms with E-state index in [4.69, 9.17) is 5.10 Å². The molecular formula is C31H38N4. The van der Waals surface area contributed by atoms with Crippen molar-refractivity contribution in [1.29, 1.82) is 0 Å². The van der Waals surface area contributed by atoms with E-state index < -0.39 is 0 Å². The number of rotatable bonds is 10. The summed E-state index contributed by atoms with van der Waals surface area (Å²) in [4.78, 5) is 4.74. The molecule has 0 amide bonds. The van der Waals surface area contributed by atoms with Crippen molar-refractivity contribution in [3.8, 4) is 0 Å². The van der Waals surface area contributed by atoms with Gasteiger partial charge in [-0.2, -0.15) is 5.10 Å². The summed E-state index contributed by atoms with van der Waals surface area (Å²) < 4.78 is 0. The minimum absolute atomic E-state index is 0.188. The van der Waals surface area contributed by atoms with Crippen molar-refractivity contribution in [3.63, 3.8) is 0 Å². The fourth-order valence-corrected chi connectivity index (χ4v) is 4.79. The van der Waals surface area contributed by atoms with Gasteiger partial charge in [-0.15, -0.1) is 0 Å². The molecule has 0 bridgehead atoms. The van der Waals surface area contributed by atoms with Crippen LogP contribution < -0.4 is 14.8 Å². The lowest BCUT2D eigenvalue weighted by Gasteiger charge is -2.25. The Balaban J connectivity index is 1.55. The number of anilines is 3. The fourth-order valence-electron chi connectivity index (χ4n) is 4.79. The summed E-state index contributed by atoms with van der Waals surface area (Å²) in [7, 11) is 0. The summed E-state index contributed by atoms with van der Waals surface area (Å²) in [6, 6.07) is 28.5. The maximum absolute atomic E-state index is 5.04. The molecule has 0 saturated heterocycles. The Bertz CT molecular complexity index is 1110. The van der Waals surface area contributed by atoms with Gasteiger partial charge in [0.25, 0.3) is 0 Å². The number of nitrogens with zero attached hydrogens (tertiary/aromatic N) is 4. The third-order valence-electron chi connectivity index (χ3n) is 6.85. The van der Waals surface area contributed by atoms with Crippen LogP contribution in [0.3, 0.4) is 0 Å². The van der Waals surface area contributed by atoms with Crippen molar-refractivity contribution >= 4 is 28.8 Å². The number of para-hydroxylation sites is 1. The van der Waals surface area contributed by atoms with Crippen LogP contribution in [0.1, 0.15) is 51.3 Å². The number of allylic oxidation sites excluding steroid dienone is 1. The monoisotopic (exact) mass is 466 g/mol. The van der Waals surface area contributed by atoms with Gasteiger partial charge in [-0.3, -0.25) is 5.01 Å². The summed E-state index contributed by atoms with van der Waals surface area (Å²) in [5.41, 5.74) is 7.25. The van der Waals surface area contributed by atoms with Crippen molar-refractivity contribution in [2.24, 2.45) is 5.10 Å². The molecule has 1 atom stereocenters. The van der Waals surface area contributed by atoms with Crippen LogP contribution in [0.15, 0.2) is 90.0 Å². The first-order chi connectivity index (χ1) is 17.2. The minimum atomic E-state index is 0.188. The lowest BCUT2D eigenvalue weighted by molar-refractivity contribution is 0.709. The van der Waals surface area contributed by atoms with Crippen molar-refractivity contribution in [2.45, 2.75) is 40.2 Å². The maximum atomic E-state index is 5.04. The van der Waals surface area contributed by atoms with Crippen molar-refractivity contribution in [2.75, 3.05) is 41.0 Å². The van der Waals surface area contributed by atoms with Crippen LogP contribution in [-0.4, -0.2) is 31.9 Å². The molecule has 182 valence electrons. The molecule has 4 rings (SSSR count). The van der Waals surface area contributed by atoms with E-state index in [9.17, 15) is 0 Å². The van der Waals surface area contributed by atoms with Gasteiger partial charge in [0.15, 0.2) is 0 Å². The van der Waals surface area contributed by atoms with Crippen molar-refractivity contribution in [3.05, 3.63) is 96.1 Å². The van der Waals surface area contributed by atoms with E-state index in [1.54, 1.807) is 0 Å². The Morgan fingerprint density at radius 1 is 0.714 bits per heavy atom. The number of hydrogen-bond donors (Lipinski definition) is 0. The molecule has 3 aromatic carbocycles. The third kappa shape index (κ3) is 5.76. The summed E-state index contributed by atoms with van der Waals surface area (Å²) in [6.45, 7) is 12.9. The van der Waals surface area contributed by atoms with Crippen LogP contribution in [0, 0.1) is 0 Å². The first-order valence-corrected chi connectivity index (χ1v) is 13.0. The summed E-state index contributed by atoms with van der Waals surface area (Å²) in [5.74, 6) is 0. The first kappa shape index (κ1) is 24.6. The highest BCUT2D eigenvalue weighted by Crippen LogP contribution is 2.36. The van der Waals surface area contributed by atoms with E-state index in [0.717, 1.165) is 44.0 Å². The largest absolute Gasteiger partial charge is 0.372 e. The highest BCUT2D eigenvalue weighted by atomic mass is 15.5. The zero-order valence-electron chi connectivity index (χ0n) is 21.6. The van der Waals surface area contributed by atoms with Gasteiger partial charge < -0.3 is 9.80 Å². The Morgan fingerprint density at radius 3 is 1.80 bits per heavy atom. The van der Waals surface area contributed by atoms with E-state index in [-0.39, 0.29) is 6.04 Å². The zero-order valence-corrected chi connectivity index (χ0v) is 21.6. The van der Waals surface area contributed by atoms with Gasteiger partial charge >= 0.3 is 0 Å². The summed E-state index contributed by atoms with van der Waals surface area (Å²) in [6.07, 6.45) is 5.24. The Hall–Kier alpha value is -3.53. The second kappa shape index (κ2) is 11.7.